The zero-order valence-electron chi connectivity index (χ0n) is 9.21. The molecule has 0 aromatic carbocycles. The lowest BCUT2D eigenvalue weighted by Gasteiger charge is -2.40. The molecule has 1 aliphatic heterocycles. The fourth-order valence-corrected chi connectivity index (χ4v) is 2.87. The van der Waals surface area contributed by atoms with Gasteiger partial charge in [-0.25, -0.2) is 0 Å². The topological polar surface area (TPSA) is 15.3 Å². The van der Waals surface area contributed by atoms with Crippen LogP contribution in [0.3, 0.4) is 0 Å². The SMILES string of the molecule is CC1C(NC2CC2)CCCN1C1CC1. The summed E-state index contributed by atoms with van der Waals surface area (Å²) in [6, 6.07) is 3.41. The van der Waals surface area contributed by atoms with E-state index in [2.05, 4.69) is 17.1 Å². The molecule has 0 aromatic rings. The summed E-state index contributed by atoms with van der Waals surface area (Å²) < 4.78 is 0. The molecule has 2 atom stereocenters. The summed E-state index contributed by atoms with van der Waals surface area (Å²) in [6.07, 6.45) is 8.58. The monoisotopic (exact) mass is 194 g/mol. The zero-order chi connectivity index (χ0) is 9.54. The van der Waals surface area contributed by atoms with Gasteiger partial charge in [0.15, 0.2) is 0 Å². The minimum absolute atomic E-state index is 0.789. The molecule has 14 heavy (non-hydrogen) atoms. The number of nitrogens with zero attached hydrogens (tertiary/aromatic N) is 1. The first kappa shape index (κ1) is 9.17. The Labute approximate surface area is 87.0 Å². The summed E-state index contributed by atoms with van der Waals surface area (Å²) in [5, 5.41) is 3.81. The highest BCUT2D eigenvalue weighted by molar-refractivity contribution is 4.97. The Hall–Kier alpha value is -0.0800. The second kappa shape index (κ2) is 3.49. The van der Waals surface area contributed by atoms with Crippen molar-refractivity contribution in [2.24, 2.45) is 0 Å². The van der Waals surface area contributed by atoms with E-state index in [4.69, 9.17) is 0 Å². The minimum atomic E-state index is 0.789. The van der Waals surface area contributed by atoms with E-state index in [1.54, 1.807) is 0 Å². The Kier molecular flexibility index (Phi) is 2.29. The highest BCUT2D eigenvalue weighted by atomic mass is 15.2. The van der Waals surface area contributed by atoms with Crippen molar-refractivity contribution < 1.29 is 0 Å². The van der Waals surface area contributed by atoms with Gasteiger partial charge in [0.25, 0.3) is 0 Å². The number of piperidine rings is 1. The average molecular weight is 194 g/mol. The molecule has 0 amide bonds. The quantitative estimate of drug-likeness (QED) is 0.736. The Morgan fingerprint density at radius 1 is 1.07 bits per heavy atom. The van der Waals surface area contributed by atoms with Crippen LogP contribution < -0.4 is 5.32 Å². The lowest BCUT2D eigenvalue weighted by Crippen LogP contribution is -2.53. The van der Waals surface area contributed by atoms with Gasteiger partial charge in [0, 0.05) is 24.2 Å². The molecule has 3 fully saturated rings. The van der Waals surface area contributed by atoms with Crippen molar-refractivity contribution in [3.05, 3.63) is 0 Å². The Morgan fingerprint density at radius 2 is 1.86 bits per heavy atom. The Bertz CT molecular complexity index is 208. The molecule has 1 heterocycles. The molecule has 0 radical (unpaired) electrons. The van der Waals surface area contributed by atoms with Crippen LogP contribution in [0.5, 0.6) is 0 Å². The molecule has 0 bridgehead atoms. The van der Waals surface area contributed by atoms with Crippen LogP contribution in [0.15, 0.2) is 0 Å². The second-order valence-electron chi connectivity index (χ2n) is 5.40. The smallest absolute Gasteiger partial charge is 0.0224 e. The van der Waals surface area contributed by atoms with E-state index in [1.165, 1.54) is 45.1 Å². The highest BCUT2D eigenvalue weighted by Crippen LogP contribution is 2.33. The standard InChI is InChI=1S/C12H22N2/c1-9-12(13-10-4-5-10)3-2-8-14(9)11-6-7-11/h9-13H,2-8H2,1H3. The molecule has 2 aliphatic carbocycles. The molecule has 2 saturated carbocycles. The normalized spacial score (nSPS) is 40.1. The van der Waals surface area contributed by atoms with Crippen molar-refractivity contribution in [3.8, 4) is 0 Å². The summed E-state index contributed by atoms with van der Waals surface area (Å²) in [5.41, 5.74) is 0. The molecule has 2 nitrogen and oxygen atoms in total. The van der Waals surface area contributed by atoms with Gasteiger partial charge in [0.2, 0.25) is 0 Å². The molecule has 3 aliphatic rings. The number of hydrogen-bond donors (Lipinski definition) is 1. The van der Waals surface area contributed by atoms with Crippen LogP contribution in [0, 0.1) is 0 Å². The second-order valence-corrected chi connectivity index (χ2v) is 5.40. The summed E-state index contributed by atoms with van der Waals surface area (Å²) in [4.78, 5) is 2.75. The first-order chi connectivity index (χ1) is 6.84. The predicted octanol–water partition coefficient (Wildman–Crippen LogP) is 1.75. The van der Waals surface area contributed by atoms with Crippen molar-refractivity contribution in [2.75, 3.05) is 6.54 Å². The van der Waals surface area contributed by atoms with Gasteiger partial charge in [-0.2, -0.15) is 0 Å². The largest absolute Gasteiger partial charge is 0.310 e. The lowest BCUT2D eigenvalue weighted by molar-refractivity contribution is 0.115. The van der Waals surface area contributed by atoms with Crippen LogP contribution in [0.2, 0.25) is 0 Å². The average Bonchev–Trinajstić information content (AvgIpc) is 3.00. The molecule has 0 aromatic heterocycles. The number of hydrogen-bond acceptors (Lipinski definition) is 2. The summed E-state index contributed by atoms with van der Waals surface area (Å²) in [7, 11) is 0. The van der Waals surface area contributed by atoms with Gasteiger partial charge in [-0.05, 0) is 52.0 Å². The zero-order valence-corrected chi connectivity index (χ0v) is 9.21. The number of likely N-dealkylation sites (tertiary alicyclic amines) is 1. The maximum Gasteiger partial charge on any atom is 0.0224 e. The van der Waals surface area contributed by atoms with Crippen molar-refractivity contribution in [2.45, 2.75) is 69.6 Å². The predicted molar refractivity (Wildman–Crippen MR) is 58.4 cm³/mol. The molecule has 1 N–H and O–H groups in total. The molecule has 2 heteroatoms. The lowest BCUT2D eigenvalue weighted by atomic mass is 9.97. The van der Waals surface area contributed by atoms with Gasteiger partial charge in [-0.3, -0.25) is 4.90 Å². The van der Waals surface area contributed by atoms with Gasteiger partial charge < -0.3 is 5.32 Å². The number of rotatable bonds is 3. The maximum atomic E-state index is 3.81. The maximum absolute atomic E-state index is 3.81. The van der Waals surface area contributed by atoms with E-state index >= 15 is 0 Å². The van der Waals surface area contributed by atoms with Crippen molar-refractivity contribution >= 4 is 0 Å². The van der Waals surface area contributed by atoms with E-state index in [1.807, 2.05) is 0 Å². The fourth-order valence-electron chi connectivity index (χ4n) is 2.87. The minimum Gasteiger partial charge on any atom is -0.310 e. The van der Waals surface area contributed by atoms with Crippen LogP contribution in [0.1, 0.15) is 45.4 Å². The third-order valence-electron chi connectivity index (χ3n) is 4.08. The van der Waals surface area contributed by atoms with Gasteiger partial charge in [-0.1, -0.05) is 0 Å². The highest BCUT2D eigenvalue weighted by Gasteiger charge is 2.38. The summed E-state index contributed by atoms with van der Waals surface area (Å²) in [6.45, 7) is 3.78. The first-order valence-electron chi connectivity index (χ1n) is 6.36. The molecule has 80 valence electrons. The molecule has 3 rings (SSSR count). The Balaban J connectivity index is 1.59. The van der Waals surface area contributed by atoms with Crippen molar-refractivity contribution in [1.82, 2.24) is 10.2 Å². The van der Waals surface area contributed by atoms with Gasteiger partial charge in [0.1, 0.15) is 0 Å². The molecular weight excluding hydrogens is 172 g/mol. The van der Waals surface area contributed by atoms with Gasteiger partial charge in [0.05, 0.1) is 0 Å². The van der Waals surface area contributed by atoms with Crippen LogP contribution in [-0.2, 0) is 0 Å². The van der Waals surface area contributed by atoms with Crippen LogP contribution in [0.25, 0.3) is 0 Å². The van der Waals surface area contributed by atoms with Crippen molar-refractivity contribution in [3.63, 3.8) is 0 Å². The third kappa shape index (κ3) is 1.82. The van der Waals surface area contributed by atoms with E-state index in [0.717, 1.165) is 24.2 Å². The van der Waals surface area contributed by atoms with Gasteiger partial charge in [-0.15, -0.1) is 0 Å². The van der Waals surface area contributed by atoms with Crippen LogP contribution in [0.4, 0.5) is 0 Å². The fraction of sp³-hybridized carbons (Fsp3) is 1.00. The van der Waals surface area contributed by atoms with Crippen LogP contribution in [-0.4, -0.2) is 35.6 Å². The number of nitrogens with one attached hydrogen (secondary N) is 1. The van der Waals surface area contributed by atoms with E-state index in [0.29, 0.717) is 0 Å². The van der Waals surface area contributed by atoms with E-state index < -0.39 is 0 Å². The first-order valence-corrected chi connectivity index (χ1v) is 6.36. The molecule has 1 saturated heterocycles. The third-order valence-corrected chi connectivity index (χ3v) is 4.08. The summed E-state index contributed by atoms with van der Waals surface area (Å²) in [5.74, 6) is 0. The van der Waals surface area contributed by atoms with Gasteiger partial charge >= 0.3 is 0 Å². The van der Waals surface area contributed by atoms with E-state index in [-0.39, 0.29) is 0 Å². The summed E-state index contributed by atoms with van der Waals surface area (Å²) >= 11 is 0. The molecule has 2 unspecified atom stereocenters. The Morgan fingerprint density at radius 3 is 2.50 bits per heavy atom. The van der Waals surface area contributed by atoms with E-state index in [9.17, 15) is 0 Å². The van der Waals surface area contributed by atoms with Crippen LogP contribution >= 0.6 is 0 Å². The van der Waals surface area contributed by atoms with Crippen molar-refractivity contribution in [1.29, 1.82) is 0 Å². The molecular formula is C12H22N2. The molecule has 0 spiro atoms.